The molecule has 7 heteroatoms. The van der Waals surface area contributed by atoms with E-state index in [1.54, 1.807) is 6.07 Å². The highest BCUT2D eigenvalue weighted by molar-refractivity contribution is 7.89. The van der Waals surface area contributed by atoms with Gasteiger partial charge in [0.1, 0.15) is 10.6 Å². The normalized spacial score (nSPS) is 15.3. The Morgan fingerprint density at radius 3 is 2.67 bits per heavy atom. The summed E-state index contributed by atoms with van der Waals surface area (Å²) < 4.78 is 28.0. The van der Waals surface area contributed by atoms with Gasteiger partial charge in [0, 0.05) is 6.54 Å². The maximum Gasteiger partial charge on any atom is 0.241 e. The van der Waals surface area contributed by atoms with E-state index in [4.69, 9.17) is 9.88 Å². The molecule has 0 aromatic heterocycles. The number of hydrogen-bond acceptors (Lipinski definition) is 4. The highest BCUT2D eigenvalue weighted by Gasteiger charge is 2.19. The first-order chi connectivity index (χ1) is 9.90. The Hall–Kier alpha value is -1.60. The smallest absolute Gasteiger partial charge is 0.241 e. The molecule has 3 N–H and O–H groups in total. The molecule has 0 heterocycles. The summed E-state index contributed by atoms with van der Waals surface area (Å²) >= 11 is 0. The van der Waals surface area contributed by atoms with E-state index >= 15 is 0 Å². The summed E-state index contributed by atoms with van der Waals surface area (Å²) in [5.41, 5.74) is 0.589. The first kappa shape index (κ1) is 15.8. The predicted molar refractivity (Wildman–Crippen MR) is 78.4 cm³/mol. The van der Waals surface area contributed by atoms with Crippen LogP contribution in [0.1, 0.15) is 24.8 Å². The van der Waals surface area contributed by atoms with Crippen molar-refractivity contribution in [2.24, 2.45) is 11.1 Å². The van der Waals surface area contributed by atoms with Crippen LogP contribution in [0.3, 0.4) is 0 Å². The minimum atomic E-state index is -3.88. The predicted octanol–water partition coefficient (Wildman–Crippen LogP) is 0.801. The molecule has 1 saturated carbocycles. The second kappa shape index (κ2) is 6.44. The number of sulfonamides is 1. The quantitative estimate of drug-likeness (QED) is 0.811. The molecule has 1 fully saturated rings. The number of nitrogens with one attached hydrogen (secondary N) is 1. The highest BCUT2D eigenvalue weighted by Crippen LogP contribution is 2.25. The Labute approximate surface area is 124 Å². The van der Waals surface area contributed by atoms with Crippen molar-refractivity contribution in [3.63, 3.8) is 0 Å². The largest absolute Gasteiger partial charge is 0.495 e. The molecular formula is C14H20N2O4S. The standard InChI is InChI=1S/C14H20N2O4S/c1-20-12-6-5-11(7-13(12)21(15,18)19)8-14(17)16-9-10-3-2-4-10/h5-7,10H,2-4,8-9H2,1H3,(H,16,17)(H2,15,18,19). The van der Waals surface area contributed by atoms with Crippen LogP contribution in [-0.4, -0.2) is 28.0 Å². The average Bonchev–Trinajstić information content (AvgIpc) is 2.35. The number of hydrogen-bond donors (Lipinski definition) is 2. The van der Waals surface area contributed by atoms with Gasteiger partial charge in [0.25, 0.3) is 0 Å². The third kappa shape index (κ3) is 4.18. The fourth-order valence-electron chi connectivity index (χ4n) is 2.26. The van der Waals surface area contributed by atoms with Gasteiger partial charge in [0.2, 0.25) is 15.9 Å². The first-order valence-electron chi connectivity index (χ1n) is 6.86. The molecule has 0 radical (unpaired) electrons. The number of carbonyl (C=O) groups excluding carboxylic acids is 1. The van der Waals surface area contributed by atoms with E-state index in [0.29, 0.717) is 18.0 Å². The van der Waals surface area contributed by atoms with Crippen LogP contribution in [0.2, 0.25) is 0 Å². The molecule has 21 heavy (non-hydrogen) atoms. The van der Waals surface area contributed by atoms with Crippen molar-refractivity contribution in [2.45, 2.75) is 30.6 Å². The van der Waals surface area contributed by atoms with Gasteiger partial charge in [0.05, 0.1) is 13.5 Å². The van der Waals surface area contributed by atoms with Crippen molar-refractivity contribution in [3.8, 4) is 5.75 Å². The molecule has 2 rings (SSSR count). The maximum atomic E-state index is 11.8. The first-order valence-corrected chi connectivity index (χ1v) is 8.41. The number of carbonyl (C=O) groups is 1. The molecule has 1 aliphatic rings. The Morgan fingerprint density at radius 2 is 2.14 bits per heavy atom. The number of nitrogens with two attached hydrogens (primary N) is 1. The van der Waals surface area contributed by atoms with Gasteiger partial charge in [-0.25, -0.2) is 13.6 Å². The molecule has 0 aliphatic heterocycles. The van der Waals surface area contributed by atoms with E-state index in [1.807, 2.05) is 0 Å². The summed E-state index contributed by atoms with van der Waals surface area (Å²) in [6.45, 7) is 0.692. The summed E-state index contributed by atoms with van der Waals surface area (Å²) in [6, 6.07) is 4.56. The van der Waals surface area contributed by atoms with Crippen molar-refractivity contribution in [1.82, 2.24) is 5.32 Å². The lowest BCUT2D eigenvalue weighted by molar-refractivity contribution is -0.120. The van der Waals surface area contributed by atoms with Crippen LogP contribution in [0.25, 0.3) is 0 Å². The molecule has 0 atom stereocenters. The third-order valence-corrected chi connectivity index (χ3v) is 4.64. The van der Waals surface area contributed by atoms with E-state index in [-0.39, 0.29) is 23.0 Å². The van der Waals surface area contributed by atoms with Gasteiger partial charge >= 0.3 is 0 Å². The molecule has 0 spiro atoms. The lowest BCUT2D eigenvalue weighted by atomic mass is 9.85. The molecule has 6 nitrogen and oxygen atoms in total. The summed E-state index contributed by atoms with van der Waals surface area (Å²) in [5, 5.41) is 8.02. The Kier molecular flexibility index (Phi) is 4.84. The van der Waals surface area contributed by atoms with Gasteiger partial charge in [-0.3, -0.25) is 4.79 Å². The Bertz CT molecular complexity index is 624. The van der Waals surface area contributed by atoms with Crippen molar-refractivity contribution in [3.05, 3.63) is 23.8 Å². The van der Waals surface area contributed by atoms with Gasteiger partial charge < -0.3 is 10.1 Å². The molecule has 0 bridgehead atoms. The lowest BCUT2D eigenvalue weighted by Crippen LogP contribution is -2.33. The molecule has 0 unspecified atom stereocenters. The van der Waals surface area contributed by atoms with Crippen molar-refractivity contribution in [2.75, 3.05) is 13.7 Å². The third-order valence-electron chi connectivity index (χ3n) is 3.71. The highest BCUT2D eigenvalue weighted by atomic mass is 32.2. The SMILES string of the molecule is COc1ccc(CC(=O)NCC2CCC2)cc1S(N)(=O)=O. The van der Waals surface area contributed by atoms with Crippen LogP contribution in [0, 0.1) is 5.92 Å². The molecule has 1 aliphatic carbocycles. The molecule has 1 amide bonds. The lowest BCUT2D eigenvalue weighted by Gasteiger charge is -2.25. The van der Waals surface area contributed by atoms with E-state index < -0.39 is 10.0 Å². The molecular weight excluding hydrogens is 292 g/mol. The zero-order chi connectivity index (χ0) is 15.5. The van der Waals surface area contributed by atoms with Gasteiger partial charge in [-0.1, -0.05) is 12.5 Å². The second-order valence-corrected chi connectivity index (χ2v) is 6.84. The van der Waals surface area contributed by atoms with Crippen molar-refractivity contribution in [1.29, 1.82) is 0 Å². The van der Waals surface area contributed by atoms with Gasteiger partial charge in [-0.05, 0) is 36.5 Å². The summed E-state index contributed by atoms with van der Waals surface area (Å²) in [5.74, 6) is 0.647. The van der Waals surface area contributed by atoms with E-state index in [2.05, 4.69) is 5.32 Å². The minimum absolute atomic E-state index is 0.103. The van der Waals surface area contributed by atoms with Gasteiger partial charge in [0.15, 0.2) is 0 Å². The number of primary sulfonamides is 1. The molecule has 1 aromatic rings. The maximum absolute atomic E-state index is 11.8. The van der Waals surface area contributed by atoms with Crippen LogP contribution in [0.5, 0.6) is 5.75 Å². The van der Waals surface area contributed by atoms with E-state index in [9.17, 15) is 13.2 Å². The minimum Gasteiger partial charge on any atom is -0.495 e. The van der Waals surface area contributed by atoms with Gasteiger partial charge in [-0.15, -0.1) is 0 Å². The van der Waals surface area contributed by atoms with Crippen LogP contribution < -0.4 is 15.2 Å². The number of methoxy groups -OCH3 is 1. The fraction of sp³-hybridized carbons (Fsp3) is 0.500. The zero-order valence-electron chi connectivity index (χ0n) is 12.0. The zero-order valence-corrected chi connectivity index (χ0v) is 12.8. The number of rotatable bonds is 6. The summed E-state index contributed by atoms with van der Waals surface area (Å²) in [6.07, 6.45) is 3.69. The number of ether oxygens (including phenoxy) is 1. The van der Waals surface area contributed by atoms with E-state index in [1.165, 1.54) is 38.5 Å². The Balaban J connectivity index is 2.04. The van der Waals surface area contributed by atoms with Crippen LogP contribution in [0.4, 0.5) is 0 Å². The van der Waals surface area contributed by atoms with Crippen LogP contribution >= 0.6 is 0 Å². The number of benzene rings is 1. The summed E-state index contributed by atoms with van der Waals surface area (Å²) in [4.78, 5) is 11.7. The van der Waals surface area contributed by atoms with E-state index in [0.717, 1.165) is 0 Å². The summed E-state index contributed by atoms with van der Waals surface area (Å²) in [7, 11) is -2.51. The molecule has 1 aromatic carbocycles. The second-order valence-electron chi connectivity index (χ2n) is 5.31. The molecule has 116 valence electrons. The monoisotopic (exact) mass is 312 g/mol. The molecule has 0 saturated heterocycles. The van der Waals surface area contributed by atoms with Crippen molar-refractivity contribution >= 4 is 15.9 Å². The average molecular weight is 312 g/mol. The topological polar surface area (TPSA) is 98.5 Å². The Morgan fingerprint density at radius 1 is 1.43 bits per heavy atom. The van der Waals surface area contributed by atoms with Crippen molar-refractivity contribution < 1.29 is 17.9 Å². The van der Waals surface area contributed by atoms with Gasteiger partial charge in [-0.2, -0.15) is 0 Å². The fourth-order valence-corrected chi connectivity index (χ4v) is 3.00. The van der Waals surface area contributed by atoms with Crippen LogP contribution in [-0.2, 0) is 21.2 Å². The number of amides is 1. The van der Waals surface area contributed by atoms with Crippen LogP contribution in [0.15, 0.2) is 23.1 Å².